The van der Waals surface area contributed by atoms with E-state index in [0.717, 1.165) is 11.1 Å². The summed E-state index contributed by atoms with van der Waals surface area (Å²) in [7, 11) is 1.58. The molecule has 1 heterocycles. The summed E-state index contributed by atoms with van der Waals surface area (Å²) in [6, 6.07) is 13.1. The Bertz CT molecular complexity index is 540. The molecule has 0 aliphatic carbocycles. The van der Waals surface area contributed by atoms with Crippen molar-refractivity contribution in [2.24, 2.45) is 0 Å². The lowest BCUT2D eigenvalue weighted by atomic mass is 10.2. The Morgan fingerprint density at radius 1 is 1.11 bits per heavy atom. The summed E-state index contributed by atoms with van der Waals surface area (Å²) in [5.41, 5.74) is 1.98. The van der Waals surface area contributed by atoms with E-state index in [4.69, 9.17) is 9.47 Å². The average Bonchev–Trinajstić information content (AvgIpc) is 2.47. The molecule has 0 fully saturated rings. The van der Waals surface area contributed by atoms with Crippen LogP contribution in [0.4, 0.5) is 0 Å². The highest BCUT2D eigenvalue weighted by molar-refractivity contribution is 5.88. The Balaban J connectivity index is 2.04. The lowest BCUT2D eigenvalue weighted by Crippen LogP contribution is -2.11. The van der Waals surface area contributed by atoms with Crippen molar-refractivity contribution in [2.45, 2.75) is 13.2 Å². The number of hydrogen-bond acceptors (Lipinski definition) is 4. The van der Waals surface area contributed by atoms with Crippen molar-refractivity contribution in [1.29, 1.82) is 0 Å². The quantitative estimate of drug-likeness (QED) is 0.772. The van der Waals surface area contributed by atoms with Gasteiger partial charge in [-0.15, -0.1) is 0 Å². The van der Waals surface area contributed by atoms with Gasteiger partial charge in [0.05, 0.1) is 6.61 Å². The number of aromatic nitrogens is 1. The SMILES string of the molecule is COCc1cccnc1C(=O)OCc1ccccc1. The predicted molar refractivity (Wildman–Crippen MR) is 70.5 cm³/mol. The molecule has 2 rings (SSSR count). The van der Waals surface area contributed by atoms with E-state index in [1.807, 2.05) is 30.3 Å². The van der Waals surface area contributed by atoms with Crippen LogP contribution in [0.3, 0.4) is 0 Å². The molecule has 1 aromatic heterocycles. The number of hydrogen-bond donors (Lipinski definition) is 0. The first kappa shape index (κ1) is 13.2. The topological polar surface area (TPSA) is 48.4 Å². The van der Waals surface area contributed by atoms with Gasteiger partial charge in [-0.25, -0.2) is 9.78 Å². The fraction of sp³-hybridized carbons (Fsp3) is 0.200. The molecule has 0 atom stereocenters. The van der Waals surface area contributed by atoms with E-state index in [1.54, 1.807) is 25.4 Å². The molecule has 4 heteroatoms. The van der Waals surface area contributed by atoms with Crippen molar-refractivity contribution in [3.8, 4) is 0 Å². The first-order valence-corrected chi connectivity index (χ1v) is 5.95. The van der Waals surface area contributed by atoms with E-state index in [9.17, 15) is 4.79 Å². The molecule has 0 amide bonds. The van der Waals surface area contributed by atoms with Crippen LogP contribution in [0.25, 0.3) is 0 Å². The molecule has 1 aromatic carbocycles. The zero-order chi connectivity index (χ0) is 13.5. The number of carbonyl (C=O) groups excluding carboxylic acids is 1. The molecule has 4 nitrogen and oxygen atoms in total. The van der Waals surface area contributed by atoms with Crippen LogP contribution in [0, 0.1) is 0 Å². The van der Waals surface area contributed by atoms with Crippen LogP contribution < -0.4 is 0 Å². The summed E-state index contributed by atoms with van der Waals surface area (Å²) in [4.78, 5) is 16.0. The van der Waals surface area contributed by atoms with Crippen molar-refractivity contribution >= 4 is 5.97 Å². The second kappa shape index (κ2) is 6.66. The Morgan fingerprint density at radius 2 is 1.89 bits per heavy atom. The van der Waals surface area contributed by atoms with Crippen LogP contribution in [0.2, 0.25) is 0 Å². The first-order valence-electron chi connectivity index (χ1n) is 5.95. The van der Waals surface area contributed by atoms with Crippen LogP contribution in [-0.4, -0.2) is 18.1 Å². The van der Waals surface area contributed by atoms with Gasteiger partial charge in [0.15, 0.2) is 5.69 Å². The normalized spacial score (nSPS) is 10.2. The van der Waals surface area contributed by atoms with Gasteiger partial charge in [0.25, 0.3) is 0 Å². The molecule has 0 N–H and O–H groups in total. The van der Waals surface area contributed by atoms with Gasteiger partial charge in [-0.2, -0.15) is 0 Å². The molecule has 0 unspecified atom stereocenters. The number of methoxy groups -OCH3 is 1. The smallest absolute Gasteiger partial charge is 0.357 e. The van der Waals surface area contributed by atoms with E-state index < -0.39 is 5.97 Å². The highest BCUT2D eigenvalue weighted by Gasteiger charge is 2.14. The molecule has 0 aliphatic rings. The zero-order valence-electron chi connectivity index (χ0n) is 10.7. The maximum atomic E-state index is 12.0. The highest BCUT2D eigenvalue weighted by atomic mass is 16.5. The van der Waals surface area contributed by atoms with Crippen LogP contribution in [0.1, 0.15) is 21.6 Å². The van der Waals surface area contributed by atoms with Gasteiger partial charge in [0, 0.05) is 18.9 Å². The third kappa shape index (κ3) is 3.63. The van der Waals surface area contributed by atoms with E-state index in [2.05, 4.69) is 4.98 Å². The highest BCUT2D eigenvalue weighted by Crippen LogP contribution is 2.10. The van der Waals surface area contributed by atoms with Crippen molar-refractivity contribution in [3.05, 3.63) is 65.5 Å². The van der Waals surface area contributed by atoms with Crippen LogP contribution >= 0.6 is 0 Å². The second-order valence-corrected chi connectivity index (χ2v) is 4.01. The lowest BCUT2D eigenvalue weighted by molar-refractivity contribution is 0.0460. The van der Waals surface area contributed by atoms with Gasteiger partial charge in [-0.1, -0.05) is 36.4 Å². The average molecular weight is 257 g/mol. The standard InChI is InChI=1S/C15H15NO3/c1-18-11-13-8-5-9-16-14(13)15(17)19-10-12-6-3-2-4-7-12/h2-9H,10-11H2,1H3. The molecular formula is C15H15NO3. The molecule has 0 radical (unpaired) electrons. The molecule has 0 aliphatic heterocycles. The fourth-order valence-electron chi connectivity index (χ4n) is 1.69. The van der Waals surface area contributed by atoms with Crippen LogP contribution in [-0.2, 0) is 22.7 Å². The number of carbonyl (C=O) groups is 1. The van der Waals surface area contributed by atoms with Gasteiger partial charge in [0.2, 0.25) is 0 Å². The third-order valence-electron chi connectivity index (χ3n) is 2.60. The third-order valence-corrected chi connectivity index (χ3v) is 2.60. The fourth-order valence-corrected chi connectivity index (χ4v) is 1.69. The summed E-state index contributed by atoms with van der Waals surface area (Å²) >= 11 is 0. The van der Waals surface area contributed by atoms with E-state index in [-0.39, 0.29) is 6.61 Å². The molecular weight excluding hydrogens is 242 g/mol. The summed E-state index contributed by atoms with van der Waals surface area (Å²) in [5.74, 6) is -0.434. The first-order chi connectivity index (χ1) is 9.31. The summed E-state index contributed by atoms with van der Waals surface area (Å²) in [6.07, 6.45) is 1.57. The largest absolute Gasteiger partial charge is 0.456 e. The van der Waals surface area contributed by atoms with Crippen molar-refractivity contribution < 1.29 is 14.3 Å². The zero-order valence-corrected chi connectivity index (χ0v) is 10.7. The minimum Gasteiger partial charge on any atom is -0.456 e. The predicted octanol–water partition coefficient (Wildman–Crippen LogP) is 2.59. The molecule has 0 saturated carbocycles. The van der Waals surface area contributed by atoms with E-state index >= 15 is 0 Å². The number of benzene rings is 1. The Labute approximate surface area is 112 Å². The summed E-state index contributed by atoms with van der Waals surface area (Å²) in [6.45, 7) is 0.576. The molecule has 2 aromatic rings. The number of nitrogens with zero attached hydrogens (tertiary/aromatic N) is 1. The second-order valence-electron chi connectivity index (χ2n) is 4.01. The van der Waals surface area contributed by atoms with Gasteiger partial charge in [-0.3, -0.25) is 0 Å². The van der Waals surface area contributed by atoms with Crippen LogP contribution in [0.15, 0.2) is 48.7 Å². The molecule has 19 heavy (non-hydrogen) atoms. The Morgan fingerprint density at radius 3 is 2.63 bits per heavy atom. The maximum Gasteiger partial charge on any atom is 0.357 e. The molecule has 98 valence electrons. The van der Waals surface area contributed by atoms with Crippen molar-refractivity contribution in [1.82, 2.24) is 4.98 Å². The number of esters is 1. The Hall–Kier alpha value is -2.20. The number of rotatable bonds is 5. The van der Waals surface area contributed by atoms with Gasteiger partial charge in [0.1, 0.15) is 6.61 Å². The van der Waals surface area contributed by atoms with Crippen molar-refractivity contribution in [2.75, 3.05) is 7.11 Å². The van der Waals surface area contributed by atoms with Crippen molar-refractivity contribution in [3.63, 3.8) is 0 Å². The van der Waals surface area contributed by atoms with Gasteiger partial charge in [-0.05, 0) is 11.6 Å². The monoisotopic (exact) mass is 257 g/mol. The number of ether oxygens (including phenoxy) is 2. The Kier molecular flexibility index (Phi) is 4.64. The summed E-state index contributed by atoms with van der Waals surface area (Å²) < 4.78 is 10.3. The van der Waals surface area contributed by atoms with Crippen LogP contribution in [0.5, 0.6) is 0 Å². The van der Waals surface area contributed by atoms with Gasteiger partial charge >= 0.3 is 5.97 Å². The minimum absolute atomic E-state index is 0.239. The molecule has 0 spiro atoms. The van der Waals surface area contributed by atoms with E-state index in [0.29, 0.717) is 12.3 Å². The summed E-state index contributed by atoms with van der Waals surface area (Å²) in [5, 5.41) is 0. The minimum atomic E-state index is -0.434. The molecule has 0 saturated heterocycles. The lowest BCUT2D eigenvalue weighted by Gasteiger charge is -2.08. The van der Waals surface area contributed by atoms with Gasteiger partial charge < -0.3 is 9.47 Å². The number of pyridine rings is 1. The maximum absolute atomic E-state index is 12.0. The molecule has 0 bridgehead atoms. The van der Waals surface area contributed by atoms with E-state index in [1.165, 1.54) is 0 Å².